The third kappa shape index (κ3) is 5.58. The first kappa shape index (κ1) is 16.5. The fraction of sp³-hybridized carbons (Fsp3) is 0.538. The molecule has 0 aliphatic rings. The molecule has 7 heteroatoms. The Hall–Kier alpha value is -1.60. The van der Waals surface area contributed by atoms with Crippen molar-refractivity contribution in [3.63, 3.8) is 0 Å². The summed E-state index contributed by atoms with van der Waals surface area (Å²) in [6.45, 7) is 11.0. The minimum Gasteiger partial charge on any atom is -0.382 e. The average Bonchev–Trinajstić information content (AvgIpc) is 2.68. The molecule has 0 atom stereocenters. The van der Waals surface area contributed by atoms with Gasteiger partial charge in [0.25, 0.3) is 5.91 Å². The standard InChI is InChI=1S/C13H22N4O2S/c1-8(2)7-19-6-5-15-12(18)10-11(14)17-13(20-10)16-9(3)4/h9H,1,5-7,14H2,2-4H3,(H,15,18)(H,16,17). The first-order valence-corrected chi connectivity index (χ1v) is 7.25. The van der Waals surface area contributed by atoms with E-state index in [4.69, 9.17) is 10.5 Å². The van der Waals surface area contributed by atoms with Gasteiger partial charge < -0.3 is 21.1 Å². The van der Waals surface area contributed by atoms with Crippen LogP contribution < -0.4 is 16.4 Å². The molecule has 1 amide bonds. The molecule has 0 spiro atoms. The zero-order chi connectivity index (χ0) is 15.1. The number of nitrogens with one attached hydrogen (secondary N) is 2. The average molecular weight is 298 g/mol. The van der Waals surface area contributed by atoms with Crippen molar-refractivity contribution < 1.29 is 9.53 Å². The van der Waals surface area contributed by atoms with Crippen molar-refractivity contribution in [2.45, 2.75) is 26.8 Å². The van der Waals surface area contributed by atoms with Gasteiger partial charge in [-0.3, -0.25) is 4.79 Å². The lowest BCUT2D eigenvalue weighted by atomic mass is 10.4. The molecule has 0 aromatic carbocycles. The molecule has 0 saturated heterocycles. The maximum atomic E-state index is 11.9. The van der Waals surface area contributed by atoms with Crippen LogP contribution >= 0.6 is 11.3 Å². The number of thiazole rings is 1. The molecule has 1 rings (SSSR count). The summed E-state index contributed by atoms with van der Waals surface area (Å²) in [6.07, 6.45) is 0. The van der Waals surface area contributed by atoms with Gasteiger partial charge in [-0.2, -0.15) is 0 Å². The van der Waals surface area contributed by atoms with Gasteiger partial charge in [-0.05, 0) is 20.8 Å². The highest BCUT2D eigenvalue weighted by atomic mass is 32.1. The molecule has 1 aromatic rings. The van der Waals surface area contributed by atoms with Gasteiger partial charge in [-0.15, -0.1) is 0 Å². The molecular weight excluding hydrogens is 276 g/mol. The van der Waals surface area contributed by atoms with Gasteiger partial charge in [-0.25, -0.2) is 4.98 Å². The number of carbonyl (C=O) groups excluding carboxylic acids is 1. The highest BCUT2D eigenvalue weighted by molar-refractivity contribution is 7.18. The van der Waals surface area contributed by atoms with E-state index in [1.807, 2.05) is 20.8 Å². The number of anilines is 2. The third-order valence-corrected chi connectivity index (χ3v) is 3.15. The maximum Gasteiger partial charge on any atom is 0.265 e. The van der Waals surface area contributed by atoms with E-state index < -0.39 is 0 Å². The number of amides is 1. The molecule has 0 unspecified atom stereocenters. The van der Waals surface area contributed by atoms with Gasteiger partial charge in [-0.1, -0.05) is 23.5 Å². The summed E-state index contributed by atoms with van der Waals surface area (Å²) in [5.41, 5.74) is 6.70. The van der Waals surface area contributed by atoms with Crippen LogP contribution in [0.1, 0.15) is 30.4 Å². The molecule has 0 radical (unpaired) electrons. The highest BCUT2D eigenvalue weighted by Gasteiger charge is 2.16. The largest absolute Gasteiger partial charge is 0.382 e. The van der Waals surface area contributed by atoms with Crippen molar-refractivity contribution in [3.8, 4) is 0 Å². The molecule has 6 nitrogen and oxygen atoms in total. The fourth-order valence-electron chi connectivity index (χ4n) is 1.37. The summed E-state index contributed by atoms with van der Waals surface area (Å²) in [6, 6.07) is 0.243. The van der Waals surface area contributed by atoms with Crippen molar-refractivity contribution in [2.24, 2.45) is 0 Å². The molecule has 0 aliphatic heterocycles. The SMILES string of the molecule is C=C(C)COCCNC(=O)c1sc(NC(C)C)nc1N. The van der Waals surface area contributed by atoms with Gasteiger partial charge >= 0.3 is 0 Å². The van der Waals surface area contributed by atoms with Crippen LogP contribution in [0.15, 0.2) is 12.2 Å². The quantitative estimate of drug-likeness (QED) is 0.503. The minimum atomic E-state index is -0.226. The second-order valence-corrected chi connectivity index (χ2v) is 5.80. The van der Waals surface area contributed by atoms with E-state index in [1.165, 1.54) is 11.3 Å². The normalized spacial score (nSPS) is 10.6. The Labute approximate surface area is 123 Å². The predicted molar refractivity (Wildman–Crippen MR) is 83.3 cm³/mol. The molecule has 112 valence electrons. The molecule has 20 heavy (non-hydrogen) atoms. The second kappa shape index (κ2) is 7.86. The lowest BCUT2D eigenvalue weighted by Crippen LogP contribution is -2.27. The Morgan fingerprint density at radius 1 is 1.55 bits per heavy atom. The van der Waals surface area contributed by atoms with Crippen molar-refractivity contribution in [1.82, 2.24) is 10.3 Å². The number of nitrogen functional groups attached to an aromatic ring is 1. The van der Waals surface area contributed by atoms with E-state index in [-0.39, 0.29) is 17.8 Å². The summed E-state index contributed by atoms with van der Waals surface area (Å²) in [5, 5.41) is 6.53. The van der Waals surface area contributed by atoms with Crippen LogP contribution in [0, 0.1) is 0 Å². The van der Waals surface area contributed by atoms with Crippen LogP contribution in [0.4, 0.5) is 10.9 Å². The van der Waals surface area contributed by atoms with Gasteiger partial charge in [0.2, 0.25) is 0 Å². The van der Waals surface area contributed by atoms with Gasteiger partial charge in [0, 0.05) is 12.6 Å². The van der Waals surface area contributed by atoms with E-state index >= 15 is 0 Å². The smallest absolute Gasteiger partial charge is 0.265 e. The van der Waals surface area contributed by atoms with E-state index in [1.54, 1.807) is 0 Å². The molecule has 0 saturated carbocycles. The molecule has 0 aliphatic carbocycles. The van der Waals surface area contributed by atoms with Gasteiger partial charge in [0.05, 0.1) is 13.2 Å². The molecule has 4 N–H and O–H groups in total. The first-order chi connectivity index (χ1) is 9.40. The summed E-state index contributed by atoms with van der Waals surface area (Å²) in [5.74, 6) is 0.0224. The zero-order valence-corrected chi connectivity index (χ0v) is 13.0. The third-order valence-electron chi connectivity index (χ3n) is 2.15. The second-order valence-electron chi connectivity index (χ2n) is 4.80. The van der Waals surface area contributed by atoms with Crippen molar-refractivity contribution in [3.05, 3.63) is 17.0 Å². The predicted octanol–water partition coefficient (Wildman–Crippen LogP) is 1.87. The van der Waals surface area contributed by atoms with E-state index in [2.05, 4.69) is 22.2 Å². The monoisotopic (exact) mass is 298 g/mol. The first-order valence-electron chi connectivity index (χ1n) is 6.43. The summed E-state index contributed by atoms with van der Waals surface area (Å²) in [4.78, 5) is 16.5. The number of nitrogens with two attached hydrogens (primary N) is 1. The van der Waals surface area contributed by atoms with E-state index in [0.717, 1.165) is 5.57 Å². The molecule has 0 bridgehead atoms. The van der Waals surface area contributed by atoms with Crippen LogP contribution in [0.25, 0.3) is 0 Å². The number of hydrogen-bond acceptors (Lipinski definition) is 6. The van der Waals surface area contributed by atoms with E-state index in [9.17, 15) is 4.79 Å². The van der Waals surface area contributed by atoms with Crippen LogP contribution in [-0.4, -0.2) is 36.7 Å². The Balaban J connectivity index is 2.43. The maximum absolute atomic E-state index is 11.9. The lowest BCUT2D eigenvalue weighted by molar-refractivity contribution is 0.0931. The molecule has 1 heterocycles. The van der Waals surface area contributed by atoms with Crippen LogP contribution in [0.3, 0.4) is 0 Å². The topological polar surface area (TPSA) is 89.3 Å². The summed E-state index contributed by atoms with van der Waals surface area (Å²) in [7, 11) is 0. The van der Waals surface area contributed by atoms with Gasteiger partial charge in [0.1, 0.15) is 10.7 Å². The lowest BCUT2D eigenvalue weighted by Gasteiger charge is -2.05. The van der Waals surface area contributed by atoms with Crippen LogP contribution in [-0.2, 0) is 4.74 Å². The number of carbonyl (C=O) groups is 1. The number of aromatic nitrogens is 1. The Morgan fingerprint density at radius 3 is 2.85 bits per heavy atom. The molecule has 0 fully saturated rings. The van der Waals surface area contributed by atoms with Crippen molar-refractivity contribution >= 4 is 28.2 Å². The minimum absolute atomic E-state index is 0.226. The molecular formula is C13H22N4O2S. The van der Waals surface area contributed by atoms with Gasteiger partial charge in [0.15, 0.2) is 5.13 Å². The Kier molecular flexibility index (Phi) is 6.47. The van der Waals surface area contributed by atoms with Crippen LogP contribution in [0.5, 0.6) is 0 Å². The number of nitrogens with zero attached hydrogens (tertiary/aromatic N) is 1. The van der Waals surface area contributed by atoms with E-state index in [0.29, 0.717) is 29.8 Å². The fourth-order valence-corrected chi connectivity index (χ4v) is 2.31. The number of hydrogen-bond donors (Lipinski definition) is 3. The number of rotatable bonds is 8. The Bertz CT molecular complexity index is 471. The molecule has 1 aromatic heterocycles. The van der Waals surface area contributed by atoms with Crippen molar-refractivity contribution in [1.29, 1.82) is 0 Å². The summed E-state index contributed by atoms with van der Waals surface area (Å²) >= 11 is 1.25. The van der Waals surface area contributed by atoms with Crippen molar-refractivity contribution in [2.75, 3.05) is 30.8 Å². The highest BCUT2D eigenvalue weighted by Crippen LogP contribution is 2.25. The summed E-state index contributed by atoms with van der Waals surface area (Å²) < 4.78 is 5.30. The number of ether oxygens (including phenoxy) is 1. The van der Waals surface area contributed by atoms with Crippen LogP contribution in [0.2, 0.25) is 0 Å². The Morgan fingerprint density at radius 2 is 2.25 bits per heavy atom. The zero-order valence-electron chi connectivity index (χ0n) is 12.2.